The smallest absolute Gasteiger partial charge is 0.497 e. The van der Waals surface area contributed by atoms with Crippen LogP contribution in [-0.2, 0) is 36.4 Å². The summed E-state index contributed by atoms with van der Waals surface area (Å²) in [7, 11) is -4.91. The number of carbonyl (C=O) groups is 1. The van der Waals surface area contributed by atoms with Gasteiger partial charge < -0.3 is 24.1 Å². The Hall–Kier alpha value is -3.17. The molecule has 20 heteroatoms. The monoisotopic (exact) mass is 777 g/mol. The van der Waals surface area contributed by atoms with Gasteiger partial charge in [0.1, 0.15) is 11.5 Å². The van der Waals surface area contributed by atoms with E-state index in [0.717, 1.165) is 5.56 Å². The molecule has 0 spiro atoms. The Morgan fingerprint density at radius 3 is 2.04 bits per heavy atom. The second-order valence-corrected chi connectivity index (χ2v) is 16.0. The van der Waals surface area contributed by atoms with Gasteiger partial charge >= 0.3 is 27.8 Å². The predicted molar refractivity (Wildman–Crippen MR) is 173 cm³/mol. The molecule has 3 atom stereocenters. The molecule has 0 unspecified atom stereocenters. The van der Waals surface area contributed by atoms with Crippen molar-refractivity contribution in [2.75, 3.05) is 27.8 Å². The van der Waals surface area contributed by atoms with Crippen LogP contribution >= 0.6 is 0 Å². The average Bonchev–Trinajstić information content (AvgIpc) is 3.41. The third-order valence-electron chi connectivity index (χ3n) is 8.43. The molecule has 0 aromatic heterocycles. The molecule has 0 amide bonds. The first-order valence-electron chi connectivity index (χ1n) is 15.7. The second kappa shape index (κ2) is 17.1. The standard InChI is InChI=1S/C29H40F3N3O7S2.C2HF3O2/c1-20-16-28(35(44(38,39)34(2)3)18-21-8-12-24(40-4)13-9-21)27(33-20)19-41-25-14-10-22(11-15-25)23-6-5-7-26(17-23)42-43(36,37)29(30,31)32;3-2(4,5)1(6)7/h5-9,12-13,17,20,22,25,27-28,33H,10-11,14-16,18-19H2,1-4H3;(H,6,7)/t20-,22?,25?,27+,28+;/m1./s1. The fourth-order valence-corrected chi connectivity index (χ4v) is 7.59. The summed E-state index contributed by atoms with van der Waals surface area (Å²) in [6.45, 7) is 2.52. The highest BCUT2D eigenvalue weighted by molar-refractivity contribution is 7.88. The Labute approximate surface area is 293 Å². The minimum Gasteiger partial charge on any atom is -0.497 e. The molecular weight excluding hydrogens is 736 g/mol. The van der Waals surface area contributed by atoms with E-state index in [1.165, 1.54) is 40.9 Å². The molecule has 2 fully saturated rings. The van der Waals surface area contributed by atoms with E-state index in [9.17, 15) is 43.2 Å². The van der Waals surface area contributed by atoms with Crippen molar-refractivity contribution in [2.24, 2.45) is 0 Å². The zero-order chi connectivity index (χ0) is 38.4. The van der Waals surface area contributed by atoms with Crippen LogP contribution in [0.1, 0.15) is 56.1 Å². The summed E-state index contributed by atoms with van der Waals surface area (Å²) in [6, 6.07) is 12.6. The molecule has 1 aliphatic heterocycles. The normalized spacial score (nSPS) is 23.1. The van der Waals surface area contributed by atoms with Gasteiger partial charge in [0.15, 0.2) is 0 Å². The minimum atomic E-state index is -5.75. The van der Waals surface area contributed by atoms with Gasteiger partial charge in [-0.3, -0.25) is 0 Å². The van der Waals surface area contributed by atoms with Gasteiger partial charge in [-0.25, -0.2) is 4.79 Å². The largest absolute Gasteiger partial charge is 0.534 e. The van der Waals surface area contributed by atoms with Gasteiger partial charge in [0.2, 0.25) is 0 Å². The van der Waals surface area contributed by atoms with Crippen molar-refractivity contribution in [1.82, 2.24) is 13.9 Å². The quantitative estimate of drug-likeness (QED) is 0.171. The van der Waals surface area contributed by atoms with Crippen molar-refractivity contribution in [3.05, 3.63) is 59.7 Å². The number of nitrogens with zero attached hydrogens (tertiary/aromatic N) is 2. The van der Waals surface area contributed by atoms with E-state index in [1.807, 2.05) is 19.1 Å². The lowest BCUT2D eigenvalue weighted by Crippen LogP contribution is -2.52. The van der Waals surface area contributed by atoms with E-state index in [1.54, 1.807) is 25.3 Å². The number of alkyl halides is 6. The topological polar surface area (TPSA) is 152 Å². The number of carboxylic acids is 1. The highest BCUT2D eigenvalue weighted by atomic mass is 32.2. The molecular formula is C31H41F6N3O9S2. The number of aliphatic carboxylic acids is 1. The third kappa shape index (κ3) is 11.7. The Balaban J connectivity index is 0.000000908. The molecule has 12 nitrogen and oxygen atoms in total. The number of hydrogen-bond acceptors (Lipinski definition) is 9. The summed E-state index contributed by atoms with van der Waals surface area (Å²) < 4.78 is 138. The molecule has 0 bridgehead atoms. The van der Waals surface area contributed by atoms with Gasteiger partial charge in [-0.15, -0.1) is 0 Å². The van der Waals surface area contributed by atoms with Crippen molar-refractivity contribution < 1.29 is 66.7 Å². The molecule has 4 rings (SSSR count). The molecule has 2 aromatic rings. The Morgan fingerprint density at radius 2 is 1.53 bits per heavy atom. The Kier molecular flexibility index (Phi) is 14.2. The third-order valence-corrected chi connectivity index (χ3v) is 11.3. The average molecular weight is 778 g/mol. The first kappa shape index (κ1) is 42.2. The number of ether oxygens (including phenoxy) is 2. The fourth-order valence-electron chi connectivity index (χ4n) is 5.84. The highest BCUT2D eigenvalue weighted by Crippen LogP contribution is 2.37. The van der Waals surface area contributed by atoms with E-state index in [0.29, 0.717) is 50.0 Å². The summed E-state index contributed by atoms with van der Waals surface area (Å²) in [5.41, 5.74) is -3.97. The van der Waals surface area contributed by atoms with Crippen molar-refractivity contribution in [1.29, 1.82) is 0 Å². The van der Waals surface area contributed by atoms with Crippen LogP contribution in [0.3, 0.4) is 0 Å². The van der Waals surface area contributed by atoms with Crippen molar-refractivity contribution in [3.8, 4) is 11.5 Å². The molecule has 1 heterocycles. The molecule has 1 saturated heterocycles. The van der Waals surface area contributed by atoms with Crippen molar-refractivity contribution in [2.45, 2.75) is 87.4 Å². The Morgan fingerprint density at radius 1 is 0.941 bits per heavy atom. The molecule has 1 aliphatic carbocycles. The van der Waals surface area contributed by atoms with Gasteiger partial charge in [0, 0.05) is 38.8 Å². The molecule has 51 heavy (non-hydrogen) atoms. The molecule has 2 aliphatic rings. The van der Waals surface area contributed by atoms with E-state index >= 15 is 0 Å². The Bertz CT molecular complexity index is 1670. The summed E-state index contributed by atoms with van der Waals surface area (Å²) in [4.78, 5) is 8.90. The van der Waals surface area contributed by atoms with Gasteiger partial charge in [0.05, 0.1) is 19.8 Å². The number of methoxy groups -OCH3 is 1. The maximum Gasteiger partial charge on any atom is 0.534 e. The van der Waals surface area contributed by atoms with Crippen LogP contribution in [0.2, 0.25) is 0 Å². The van der Waals surface area contributed by atoms with Gasteiger partial charge in [-0.2, -0.15) is 51.8 Å². The fraction of sp³-hybridized carbons (Fsp3) is 0.581. The summed E-state index contributed by atoms with van der Waals surface area (Å²) in [6.07, 6.45) is -1.78. The summed E-state index contributed by atoms with van der Waals surface area (Å²) >= 11 is 0. The van der Waals surface area contributed by atoms with E-state index in [-0.39, 0.29) is 42.4 Å². The number of hydrogen-bond donors (Lipinski definition) is 2. The maximum absolute atomic E-state index is 13.5. The zero-order valence-electron chi connectivity index (χ0n) is 28.1. The number of halogens is 6. The lowest BCUT2D eigenvalue weighted by atomic mass is 9.82. The lowest BCUT2D eigenvalue weighted by Gasteiger charge is -2.35. The lowest BCUT2D eigenvalue weighted by molar-refractivity contribution is -0.192. The first-order valence-corrected chi connectivity index (χ1v) is 18.5. The number of carboxylic acid groups (broad SMARTS) is 1. The first-order chi connectivity index (χ1) is 23.5. The van der Waals surface area contributed by atoms with Gasteiger partial charge in [-0.1, -0.05) is 24.3 Å². The van der Waals surface area contributed by atoms with E-state index < -0.39 is 38.0 Å². The minimum absolute atomic E-state index is 0.00888. The van der Waals surface area contributed by atoms with E-state index in [2.05, 4.69) is 9.50 Å². The molecule has 2 aromatic carbocycles. The van der Waals surface area contributed by atoms with Gasteiger partial charge in [0.25, 0.3) is 10.2 Å². The van der Waals surface area contributed by atoms with Gasteiger partial charge in [-0.05, 0) is 80.3 Å². The van der Waals surface area contributed by atoms with Crippen molar-refractivity contribution >= 4 is 26.3 Å². The second-order valence-electron chi connectivity index (χ2n) is 12.3. The SMILES string of the molecule is COc1ccc(CN([C@H]2C[C@@H](C)N[C@H]2COC2CCC(c3cccc(OS(=O)(=O)C(F)(F)F)c3)CC2)S(=O)(=O)N(C)C)cc1.O=C(O)C(F)(F)F. The molecule has 1 saturated carbocycles. The number of rotatable bonds is 12. The van der Waals surface area contributed by atoms with Crippen LogP contribution in [0.15, 0.2) is 48.5 Å². The molecule has 288 valence electrons. The number of benzene rings is 2. The summed E-state index contributed by atoms with van der Waals surface area (Å²) in [5, 5.41) is 10.6. The van der Waals surface area contributed by atoms with Crippen LogP contribution in [0.4, 0.5) is 26.3 Å². The van der Waals surface area contributed by atoms with Crippen LogP contribution in [0, 0.1) is 0 Å². The predicted octanol–water partition coefficient (Wildman–Crippen LogP) is 5.03. The van der Waals surface area contributed by atoms with E-state index in [4.69, 9.17) is 19.4 Å². The highest BCUT2D eigenvalue weighted by Gasteiger charge is 2.48. The van der Waals surface area contributed by atoms with Crippen LogP contribution in [-0.4, -0.2) is 100 Å². The van der Waals surface area contributed by atoms with Crippen molar-refractivity contribution in [3.63, 3.8) is 0 Å². The van der Waals surface area contributed by atoms with Crippen LogP contribution in [0.5, 0.6) is 11.5 Å². The summed E-state index contributed by atoms with van der Waals surface area (Å²) in [5.74, 6) is -2.44. The number of nitrogens with one attached hydrogen (secondary N) is 1. The molecule has 0 radical (unpaired) electrons. The van der Waals surface area contributed by atoms with Crippen LogP contribution < -0.4 is 14.2 Å². The maximum atomic E-state index is 13.5. The zero-order valence-corrected chi connectivity index (χ0v) is 29.8. The molecule has 2 N–H and O–H groups in total. The van der Waals surface area contributed by atoms with Crippen LogP contribution in [0.25, 0.3) is 0 Å².